The molecule has 0 aliphatic rings. The highest BCUT2D eigenvalue weighted by Gasteiger charge is 2.12. The molecule has 2 aromatic carbocycles. The van der Waals surface area contributed by atoms with Crippen molar-refractivity contribution in [1.82, 2.24) is 14.9 Å². The molecule has 0 saturated heterocycles. The van der Waals surface area contributed by atoms with Crippen molar-refractivity contribution in [3.8, 4) is 17.1 Å². The SMILES string of the molecule is COc1ccccc1-c1n[nH]c(=S)n1/N=C\C=C\c1ccccc1. The van der Waals surface area contributed by atoms with Crippen LogP contribution in [0.15, 0.2) is 65.8 Å². The van der Waals surface area contributed by atoms with Gasteiger partial charge in [-0.25, -0.2) is 5.10 Å². The number of aromatic nitrogens is 3. The van der Waals surface area contributed by atoms with E-state index in [-0.39, 0.29) is 0 Å². The number of rotatable bonds is 5. The first kappa shape index (κ1) is 15.9. The van der Waals surface area contributed by atoms with Gasteiger partial charge in [0.25, 0.3) is 0 Å². The van der Waals surface area contributed by atoms with Gasteiger partial charge in [-0.05, 0) is 36.0 Å². The van der Waals surface area contributed by atoms with Crippen LogP contribution in [0.3, 0.4) is 0 Å². The maximum absolute atomic E-state index is 5.38. The topological polar surface area (TPSA) is 55.2 Å². The molecule has 3 aromatic rings. The summed E-state index contributed by atoms with van der Waals surface area (Å²) in [6, 6.07) is 17.6. The quantitative estimate of drug-likeness (QED) is 0.562. The Morgan fingerprint density at radius 3 is 2.67 bits per heavy atom. The number of methoxy groups -OCH3 is 1. The number of H-pyrrole nitrogens is 1. The summed E-state index contributed by atoms with van der Waals surface area (Å²) in [7, 11) is 1.62. The zero-order valence-corrected chi connectivity index (χ0v) is 13.9. The number of nitrogens with zero attached hydrogens (tertiary/aromatic N) is 3. The van der Waals surface area contributed by atoms with E-state index in [0.717, 1.165) is 11.1 Å². The number of aromatic amines is 1. The van der Waals surface area contributed by atoms with Crippen molar-refractivity contribution in [2.24, 2.45) is 5.10 Å². The van der Waals surface area contributed by atoms with Crippen LogP contribution in [0.1, 0.15) is 5.56 Å². The summed E-state index contributed by atoms with van der Waals surface area (Å²) in [5.41, 5.74) is 1.92. The smallest absolute Gasteiger partial charge is 0.216 e. The molecule has 0 fully saturated rings. The molecule has 1 N–H and O–H groups in total. The zero-order chi connectivity index (χ0) is 16.8. The summed E-state index contributed by atoms with van der Waals surface area (Å²) in [5, 5.41) is 11.4. The normalized spacial score (nSPS) is 11.4. The van der Waals surface area contributed by atoms with Crippen molar-refractivity contribution in [2.45, 2.75) is 0 Å². The standard InChI is InChI=1S/C18H16N4OS/c1-23-16-12-6-5-11-15(16)17-20-21-18(24)22(17)19-13-7-10-14-8-3-2-4-9-14/h2-13H,1H3,(H,21,24)/b10-7+,19-13-. The third-order valence-electron chi connectivity index (χ3n) is 3.35. The van der Waals surface area contributed by atoms with Crippen LogP contribution in [-0.2, 0) is 0 Å². The molecule has 0 radical (unpaired) electrons. The van der Waals surface area contributed by atoms with Crippen molar-refractivity contribution in [1.29, 1.82) is 0 Å². The fraction of sp³-hybridized carbons (Fsp3) is 0.0556. The summed E-state index contributed by atoms with van der Waals surface area (Å²) < 4.78 is 7.37. The molecule has 0 spiro atoms. The number of allylic oxidation sites excluding steroid dienone is 1. The van der Waals surface area contributed by atoms with Gasteiger partial charge < -0.3 is 4.74 Å². The minimum Gasteiger partial charge on any atom is -0.496 e. The van der Waals surface area contributed by atoms with E-state index in [4.69, 9.17) is 17.0 Å². The molecule has 0 aliphatic heterocycles. The van der Waals surface area contributed by atoms with E-state index in [1.54, 1.807) is 18.0 Å². The summed E-state index contributed by atoms with van der Waals surface area (Å²) in [5.74, 6) is 1.31. The van der Waals surface area contributed by atoms with Crippen molar-refractivity contribution in [3.05, 3.63) is 71.0 Å². The Morgan fingerprint density at radius 2 is 1.88 bits per heavy atom. The van der Waals surface area contributed by atoms with Crippen molar-refractivity contribution < 1.29 is 4.74 Å². The first-order valence-corrected chi connectivity index (χ1v) is 7.77. The molecule has 0 aliphatic carbocycles. The maximum atomic E-state index is 5.38. The van der Waals surface area contributed by atoms with Gasteiger partial charge in [-0.2, -0.15) is 14.9 Å². The Kier molecular flexibility index (Phi) is 4.98. The van der Waals surface area contributed by atoms with Crippen molar-refractivity contribution in [2.75, 3.05) is 7.11 Å². The molecule has 3 rings (SSSR count). The molecular weight excluding hydrogens is 320 g/mol. The Hall–Kier alpha value is -2.99. The molecule has 0 atom stereocenters. The van der Waals surface area contributed by atoms with Gasteiger partial charge in [0, 0.05) is 6.21 Å². The van der Waals surface area contributed by atoms with Crippen LogP contribution in [-0.4, -0.2) is 28.2 Å². The molecule has 1 heterocycles. The highest BCUT2D eigenvalue weighted by atomic mass is 32.1. The molecular formula is C18H16N4OS. The van der Waals surface area contributed by atoms with E-state index < -0.39 is 0 Å². The number of hydrogen-bond donors (Lipinski definition) is 1. The largest absolute Gasteiger partial charge is 0.496 e. The van der Waals surface area contributed by atoms with E-state index in [9.17, 15) is 0 Å². The predicted octanol–water partition coefficient (Wildman–Crippen LogP) is 4.16. The fourth-order valence-electron chi connectivity index (χ4n) is 2.23. The second kappa shape index (κ2) is 7.52. The minimum atomic E-state index is 0.417. The van der Waals surface area contributed by atoms with Gasteiger partial charge in [0.15, 0.2) is 5.82 Å². The number of benzene rings is 2. The lowest BCUT2D eigenvalue weighted by atomic mass is 10.2. The number of ether oxygens (including phenoxy) is 1. The van der Waals surface area contributed by atoms with Crippen LogP contribution < -0.4 is 4.74 Å². The molecule has 5 nitrogen and oxygen atoms in total. The van der Waals surface area contributed by atoms with Crippen LogP contribution in [0.25, 0.3) is 17.5 Å². The lowest BCUT2D eigenvalue weighted by molar-refractivity contribution is 0.416. The lowest BCUT2D eigenvalue weighted by Gasteiger charge is -2.06. The van der Waals surface area contributed by atoms with E-state index >= 15 is 0 Å². The van der Waals surface area contributed by atoms with Crippen LogP contribution in [0.4, 0.5) is 0 Å². The highest BCUT2D eigenvalue weighted by molar-refractivity contribution is 7.71. The summed E-state index contributed by atoms with van der Waals surface area (Å²) in [6.07, 6.45) is 5.50. The van der Waals surface area contributed by atoms with E-state index in [1.807, 2.05) is 66.7 Å². The Bertz CT molecular complexity index is 925. The van der Waals surface area contributed by atoms with Crippen molar-refractivity contribution in [3.63, 3.8) is 0 Å². The second-order valence-corrected chi connectivity index (χ2v) is 5.29. The van der Waals surface area contributed by atoms with Gasteiger partial charge in [0.1, 0.15) is 5.75 Å². The van der Waals surface area contributed by atoms with Gasteiger partial charge in [-0.15, -0.1) is 0 Å². The highest BCUT2D eigenvalue weighted by Crippen LogP contribution is 2.27. The third kappa shape index (κ3) is 3.49. The third-order valence-corrected chi connectivity index (χ3v) is 3.62. The van der Waals surface area contributed by atoms with Gasteiger partial charge in [0.05, 0.1) is 12.7 Å². The Labute approximate surface area is 144 Å². The van der Waals surface area contributed by atoms with Crippen molar-refractivity contribution >= 4 is 24.5 Å². The van der Waals surface area contributed by atoms with Gasteiger partial charge >= 0.3 is 0 Å². The van der Waals surface area contributed by atoms with Crippen LogP contribution in [0.5, 0.6) is 5.75 Å². The molecule has 24 heavy (non-hydrogen) atoms. The van der Waals surface area contributed by atoms with Gasteiger partial charge in [0.2, 0.25) is 4.77 Å². The van der Waals surface area contributed by atoms with E-state index in [0.29, 0.717) is 16.3 Å². The van der Waals surface area contributed by atoms with Gasteiger partial charge in [-0.3, -0.25) is 0 Å². The molecule has 0 saturated carbocycles. The van der Waals surface area contributed by atoms with E-state index in [2.05, 4.69) is 15.3 Å². The first-order chi connectivity index (χ1) is 11.8. The zero-order valence-electron chi connectivity index (χ0n) is 13.1. The molecule has 0 unspecified atom stereocenters. The number of hydrogen-bond acceptors (Lipinski definition) is 4. The molecule has 120 valence electrons. The Morgan fingerprint density at radius 1 is 1.12 bits per heavy atom. The van der Waals surface area contributed by atoms with Crippen LogP contribution in [0, 0.1) is 4.77 Å². The number of nitrogens with one attached hydrogen (secondary N) is 1. The fourth-order valence-corrected chi connectivity index (χ4v) is 2.41. The number of para-hydroxylation sites is 1. The molecule has 6 heteroatoms. The molecule has 0 amide bonds. The summed E-state index contributed by atoms with van der Waals surface area (Å²) >= 11 is 5.26. The lowest BCUT2D eigenvalue weighted by Crippen LogP contribution is -1.96. The van der Waals surface area contributed by atoms with Gasteiger partial charge in [-0.1, -0.05) is 48.5 Å². The maximum Gasteiger partial charge on any atom is 0.216 e. The average Bonchev–Trinajstić information content (AvgIpc) is 3.00. The average molecular weight is 336 g/mol. The minimum absolute atomic E-state index is 0.417. The summed E-state index contributed by atoms with van der Waals surface area (Å²) in [4.78, 5) is 0. The predicted molar refractivity (Wildman–Crippen MR) is 98.8 cm³/mol. The van der Waals surface area contributed by atoms with Crippen LogP contribution >= 0.6 is 12.2 Å². The molecule has 1 aromatic heterocycles. The summed E-state index contributed by atoms with van der Waals surface area (Å²) in [6.45, 7) is 0. The monoisotopic (exact) mass is 336 g/mol. The Balaban J connectivity index is 1.90. The second-order valence-electron chi connectivity index (χ2n) is 4.90. The van der Waals surface area contributed by atoms with E-state index in [1.165, 1.54) is 0 Å². The van der Waals surface area contributed by atoms with Crippen LogP contribution in [0.2, 0.25) is 0 Å². The first-order valence-electron chi connectivity index (χ1n) is 7.36. The molecule has 0 bridgehead atoms.